The molecule has 0 aliphatic heterocycles. The second kappa shape index (κ2) is 13.5. The predicted octanol–water partition coefficient (Wildman–Crippen LogP) is 2.82. The first-order valence-electron chi connectivity index (χ1n) is 6.11. The van der Waals surface area contributed by atoms with Gasteiger partial charge in [0.05, 0.1) is 0 Å². The zero-order valence-electron chi connectivity index (χ0n) is 11.5. The van der Waals surface area contributed by atoms with Crippen LogP contribution < -0.4 is 5.73 Å². The molecule has 0 aliphatic rings. The van der Waals surface area contributed by atoms with Crippen LogP contribution in [0.4, 0.5) is 4.79 Å². The molecule has 0 heterocycles. The van der Waals surface area contributed by atoms with Crippen molar-refractivity contribution in [2.75, 3.05) is 7.11 Å². The highest BCUT2D eigenvalue weighted by atomic mass is 16.4. The Morgan fingerprint density at radius 2 is 1.61 bits per heavy atom. The van der Waals surface area contributed by atoms with E-state index >= 15 is 0 Å². The van der Waals surface area contributed by atoms with Gasteiger partial charge in [0, 0.05) is 7.11 Å². The standard InChI is InChI=1S/C12H18.CH3NO2.CH4O/c1-3-5-8-12-10-7-6-9-11(12)4-2;2-1(3)4;1-2/h6-7,9-10H,3-5,8H2,1-2H3;2H2,(H,3,4);2H,1H3. The molecule has 0 aliphatic carbocycles. The monoisotopic (exact) mass is 255 g/mol. The molecule has 0 saturated heterocycles. The summed E-state index contributed by atoms with van der Waals surface area (Å²) in [5.41, 5.74) is 7.09. The van der Waals surface area contributed by atoms with Crippen molar-refractivity contribution in [3.05, 3.63) is 35.4 Å². The van der Waals surface area contributed by atoms with Crippen LogP contribution in [-0.2, 0) is 12.8 Å². The summed E-state index contributed by atoms with van der Waals surface area (Å²) in [6.07, 6.45) is 3.69. The van der Waals surface area contributed by atoms with Gasteiger partial charge in [-0.1, -0.05) is 44.5 Å². The first-order chi connectivity index (χ1) is 8.61. The maximum Gasteiger partial charge on any atom is 0.402 e. The largest absolute Gasteiger partial charge is 0.465 e. The van der Waals surface area contributed by atoms with Crippen molar-refractivity contribution in [2.24, 2.45) is 5.73 Å². The van der Waals surface area contributed by atoms with Crippen LogP contribution in [0.15, 0.2) is 24.3 Å². The number of carbonyl (C=O) groups is 1. The van der Waals surface area contributed by atoms with E-state index in [1.165, 1.54) is 31.2 Å². The summed E-state index contributed by atoms with van der Waals surface area (Å²) in [4.78, 5) is 8.78. The highest BCUT2D eigenvalue weighted by molar-refractivity contribution is 5.61. The minimum atomic E-state index is -1.33. The summed E-state index contributed by atoms with van der Waals surface area (Å²) in [6.45, 7) is 4.47. The molecule has 4 heteroatoms. The Labute approximate surface area is 109 Å². The summed E-state index contributed by atoms with van der Waals surface area (Å²) in [5.74, 6) is 0. The Kier molecular flexibility index (Phi) is 14.1. The molecule has 0 bridgehead atoms. The van der Waals surface area contributed by atoms with Crippen molar-refractivity contribution in [3.8, 4) is 0 Å². The summed E-state index contributed by atoms with van der Waals surface area (Å²) in [6, 6.07) is 8.78. The third-order valence-electron chi connectivity index (χ3n) is 2.30. The normalized spacial score (nSPS) is 8.44. The quantitative estimate of drug-likeness (QED) is 0.773. The molecular weight excluding hydrogens is 230 g/mol. The average molecular weight is 255 g/mol. The number of benzene rings is 1. The zero-order valence-corrected chi connectivity index (χ0v) is 11.5. The minimum absolute atomic E-state index is 1.00. The fraction of sp³-hybridized carbons (Fsp3) is 0.500. The number of unbranched alkanes of at least 4 members (excludes halogenated alkanes) is 1. The van der Waals surface area contributed by atoms with Gasteiger partial charge in [0.2, 0.25) is 0 Å². The van der Waals surface area contributed by atoms with Crippen LogP contribution in [0.1, 0.15) is 37.8 Å². The van der Waals surface area contributed by atoms with Crippen molar-refractivity contribution in [3.63, 3.8) is 0 Å². The highest BCUT2D eigenvalue weighted by Crippen LogP contribution is 2.12. The number of aliphatic hydroxyl groups excluding tert-OH is 1. The van der Waals surface area contributed by atoms with Crippen molar-refractivity contribution < 1.29 is 15.0 Å². The van der Waals surface area contributed by atoms with Gasteiger partial charge >= 0.3 is 6.09 Å². The van der Waals surface area contributed by atoms with E-state index in [1.54, 1.807) is 5.56 Å². The number of aliphatic hydroxyl groups is 1. The Hall–Kier alpha value is -1.55. The Morgan fingerprint density at radius 1 is 1.17 bits per heavy atom. The van der Waals surface area contributed by atoms with E-state index < -0.39 is 6.09 Å². The second-order valence-electron chi connectivity index (χ2n) is 3.56. The minimum Gasteiger partial charge on any atom is -0.465 e. The average Bonchev–Trinajstić information content (AvgIpc) is 2.38. The van der Waals surface area contributed by atoms with Gasteiger partial charge < -0.3 is 15.9 Å². The van der Waals surface area contributed by atoms with Crippen LogP contribution in [0.25, 0.3) is 0 Å². The van der Waals surface area contributed by atoms with Gasteiger partial charge in [-0.05, 0) is 30.4 Å². The molecule has 4 nitrogen and oxygen atoms in total. The SMILES string of the molecule is CCCCc1ccccc1CC.CO.NC(=O)O. The van der Waals surface area contributed by atoms with E-state index in [0.717, 1.165) is 7.11 Å². The molecule has 104 valence electrons. The number of primary amides is 1. The lowest BCUT2D eigenvalue weighted by Gasteiger charge is -2.05. The molecule has 1 aromatic carbocycles. The molecule has 0 radical (unpaired) electrons. The maximum atomic E-state index is 8.78. The van der Waals surface area contributed by atoms with Crippen molar-refractivity contribution in [1.82, 2.24) is 0 Å². The van der Waals surface area contributed by atoms with Crippen molar-refractivity contribution in [1.29, 1.82) is 0 Å². The van der Waals surface area contributed by atoms with Gasteiger partial charge in [0.1, 0.15) is 0 Å². The number of hydrogen-bond acceptors (Lipinski definition) is 2. The highest BCUT2D eigenvalue weighted by Gasteiger charge is 1.97. The second-order valence-corrected chi connectivity index (χ2v) is 3.56. The summed E-state index contributed by atoms with van der Waals surface area (Å²) < 4.78 is 0. The van der Waals surface area contributed by atoms with Gasteiger partial charge in [-0.3, -0.25) is 0 Å². The number of nitrogens with two attached hydrogens (primary N) is 1. The third kappa shape index (κ3) is 11.0. The van der Waals surface area contributed by atoms with Crippen LogP contribution in [0.3, 0.4) is 0 Å². The van der Waals surface area contributed by atoms with E-state index in [1.807, 2.05) is 0 Å². The molecule has 0 atom stereocenters. The first kappa shape index (κ1) is 18.8. The van der Waals surface area contributed by atoms with Gasteiger partial charge in [-0.2, -0.15) is 0 Å². The van der Waals surface area contributed by atoms with Crippen LogP contribution in [0.2, 0.25) is 0 Å². The molecule has 0 fully saturated rings. The molecule has 0 saturated carbocycles. The van der Waals surface area contributed by atoms with Crippen LogP contribution in [0, 0.1) is 0 Å². The van der Waals surface area contributed by atoms with E-state index in [2.05, 4.69) is 43.8 Å². The van der Waals surface area contributed by atoms with Crippen LogP contribution in [-0.4, -0.2) is 23.4 Å². The summed E-state index contributed by atoms with van der Waals surface area (Å²) >= 11 is 0. The molecule has 18 heavy (non-hydrogen) atoms. The number of amides is 1. The predicted molar refractivity (Wildman–Crippen MR) is 74.8 cm³/mol. The molecule has 0 unspecified atom stereocenters. The van der Waals surface area contributed by atoms with Gasteiger partial charge in [0.25, 0.3) is 0 Å². The fourth-order valence-electron chi connectivity index (χ4n) is 1.51. The van der Waals surface area contributed by atoms with Gasteiger partial charge in [-0.25, -0.2) is 4.79 Å². The van der Waals surface area contributed by atoms with Crippen LogP contribution >= 0.6 is 0 Å². The van der Waals surface area contributed by atoms with Crippen molar-refractivity contribution in [2.45, 2.75) is 39.5 Å². The topological polar surface area (TPSA) is 83.5 Å². The lowest BCUT2D eigenvalue weighted by Crippen LogP contribution is -2.03. The molecule has 1 rings (SSSR count). The molecule has 0 aromatic heterocycles. The molecular formula is C14H25NO3. The zero-order chi connectivity index (χ0) is 14.4. The summed E-state index contributed by atoms with van der Waals surface area (Å²) in [7, 11) is 1.00. The van der Waals surface area contributed by atoms with Crippen molar-refractivity contribution >= 4 is 6.09 Å². The third-order valence-corrected chi connectivity index (χ3v) is 2.30. The maximum absolute atomic E-state index is 8.78. The van der Waals surface area contributed by atoms with E-state index in [9.17, 15) is 0 Å². The number of aryl methyl sites for hydroxylation is 2. The first-order valence-corrected chi connectivity index (χ1v) is 6.11. The lowest BCUT2D eigenvalue weighted by molar-refractivity contribution is 0.205. The van der Waals surface area contributed by atoms with E-state index in [0.29, 0.717) is 0 Å². The van der Waals surface area contributed by atoms with Gasteiger partial charge in [0.15, 0.2) is 0 Å². The van der Waals surface area contributed by atoms with Crippen LogP contribution in [0.5, 0.6) is 0 Å². The molecule has 0 spiro atoms. The Morgan fingerprint density at radius 3 is 2.00 bits per heavy atom. The smallest absolute Gasteiger partial charge is 0.402 e. The molecule has 1 amide bonds. The Bertz CT molecular complexity index is 310. The molecule has 1 aromatic rings. The summed E-state index contributed by atoms with van der Waals surface area (Å²) in [5, 5.41) is 14.2. The number of rotatable bonds is 4. The van der Waals surface area contributed by atoms with E-state index in [4.69, 9.17) is 15.0 Å². The van der Waals surface area contributed by atoms with E-state index in [-0.39, 0.29) is 0 Å². The number of carboxylic acid groups (broad SMARTS) is 1. The molecule has 4 N–H and O–H groups in total. The fourth-order valence-corrected chi connectivity index (χ4v) is 1.51. The Balaban J connectivity index is 0. The number of hydrogen-bond donors (Lipinski definition) is 3. The van der Waals surface area contributed by atoms with Gasteiger partial charge in [-0.15, -0.1) is 0 Å². The lowest BCUT2D eigenvalue weighted by atomic mass is 10.0.